The van der Waals surface area contributed by atoms with Crippen LogP contribution in [0.2, 0.25) is 0 Å². The van der Waals surface area contributed by atoms with E-state index < -0.39 is 0 Å². The zero-order valence-corrected chi connectivity index (χ0v) is 17.3. The molecule has 0 spiro atoms. The predicted molar refractivity (Wildman–Crippen MR) is 111 cm³/mol. The Kier molecular flexibility index (Phi) is 5.56. The molecule has 1 atom stereocenters. The third-order valence-electron chi connectivity index (χ3n) is 5.21. The van der Waals surface area contributed by atoms with Crippen LogP contribution < -0.4 is 5.56 Å². The van der Waals surface area contributed by atoms with Crippen molar-refractivity contribution in [1.82, 2.24) is 14.1 Å². The van der Waals surface area contributed by atoms with Crippen LogP contribution in [0.5, 0.6) is 0 Å². The molecule has 0 bridgehead atoms. The number of aromatic nitrogens is 3. The first kappa shape index (κ1) is 19.4. The number of Topliss-reactive ketones (excluding diaryl/α,β-unsaturated/α-hetero) is 1. The van der Waals surface area contributed by atoms with Crippen LogP contribution in [0.1, 0.15) is 48.1 Å². The molecule has 27 heavy (non-hydrogen) atoms. The van der Waals surface area contributed by atoms with Crippen LogP contribution >= 0.6 is 11.8 Å². The molecule has 6 heteroatoms. The van der Waals surface area contributed by atoms with Gasteiger partial charge in [0, 0.05) is 30.0 Å². The van der Waals surface area contributed by atoms with Gasteiger partial charge in [0.1, 0.15) is 0 Å². The standard InChI is InChI=1S/C21H25N3O2S/c1-6-13(2)24-20(26)16-9-7-8-10-18(16)22-21(24)27-12-19(25)17-11-14(3)23(5)15(17)4/h7-11,13H,6,12H2,1-5H3/t13-/m0/s1. The van der Waals surface area contributed by atoms with Crippen molar-refractivity contribution in [2.75, 3.05) is 5.75 Å². The van der Waals surface area contributed by atoms with Crippen molar-refractivity contribution >= 4 is 28.4 Å². The van der Waals surface area contributed by atoms with Crippen LogP contribution in [0.3, 0.4) is 0 Å². The maximum absolute atomic E-state index is 13.0. The van der Waals surface area contributed by atoms with Crippen LogP contribution in [-0.2, 0) is 7.05 Å². The highest BCUT2D eigenvalue weighted by Gasteiger charge is 2.19. The fraction of sp³-hybridized carbons (Fsp3) is 0.381. The molecular weight excluding hydrogens is 358 g/mol. The highest BCUT2D eigenvalue weighted by atomic mass is 32.2. The Labute approximate surface area is 163 Å². The molecule has 0 amide bonds. The van der Waals surface area contributed by atoms with Crippen molar-refractivity contribution in [3.63, 3.8) is 0 Å². The Morgan fingerprint density at radius 3 is 2.59 bits per heavy atom. The van der Waals surface area contributed by atoms with Gasteiger partial charge < -0.3 is 4.57 Å². The molecule has 0 N–H and O–H groups in total. The van der Waals surface area contributed by atoms with Gasteiger partial charge in [-0.15, -0.1) is 0 Å². The van der Waals surface area contributed by atoms with E-state index in [1.54, 1.807) is 10.6 Å². The summed E-state index contributed by atoms with van der Waals surface area (Å²) in [5.41, 5.74) is 3.38. The van der Waals surface area contributed by atoms with Gasteiger partial charge in [-0.3, -0.25) is 14.2 Å². The van der Waals surface area contributed by atoms with Crippen molar-refractivity contribution in [2.45, 2.75) is 45.3 Å². The van der Waals surface area contributed by atoms with Gasteiger partial charge in [0.05, 0.1) is 16.7 Å². The quantitative estimate of drug-likeness (QED) is 0.362. The number of hydrogen-bond acceptors (Lipinski definition) is 4. The van der Waals surface area contributed by atoms with E-state index >= 15 is 0 Å². The minimum atomic E-state index is -0.0448. The zero-order chi connectivity index (χ0) is 19.7. The second kappa shape index (κ2) is 7.72. The number of carbonyl (C=O) groups is 1. The number of fused-ring (bicyclic) bond motifs is 1. The molecule has 0 saturated carbocycles. The molecule has 5 nitrogen and oxygen atoms in total. The molecule has 1 aromatic carbocycles. The second-order valence-electron chi connectivity index (χ2n) is 6.90. The first-order chi connectivity index (χ1) is 12.8. The largest absolute Gasteiger partial charge is 0.351 e. The fourth-order valence-electron chi connectivity index (χ4n) is 3.14. The van der Waals surface area contributed by atoms with E-state index in [1.165, 1.54) is 11.8 Å². The number of ketones is 1. The number of hydrogen-bond donors (Lipinski definition) is 0. The maximum atomic E-state index is 13.0. The number of carbonyl (C=O) groups excluding carboxylic acids is 1. The summed E-state index contributed by atoms with van der Waals surface area (Å²) in [5.74, 6) is 0.310. The normalized spacial score (nSPS) is 12.5. The first-order valence-electron chi connectivity index (χ1n) is 9.15. The van der Waals surface area contributed by atoms with Crippen LogP contribution in [-0.4, -0.2) is 25.7 Å². The molecule has 0 unspecified atom stereocenters. The van der Waals surface area contributed by atoms with E-state index in [0.29, 0.717) is 16.1 Å². The van der Waals surface area contributed by atoms with Crippen molar-refractivity contribution in [3.05, 3.63) is 57.6 Å². The Hall–Kier alpha value is -2.34. The third kappa shape index (κ3) is 3.58. The van der Waals surface area contributed by atoms with Crippen molar-refractivity contribution < 1.29 is 4.79 Å². The lowest BCUT2D eigenvalue weighted by molar-refractivity contribution is 0.102. The van der Waals surface area contributed by atoms with Gasteiger partial charge in [-0.25, -0.2) is 4.98 Å². The lowest BCUT2D eigenvalue weighted by Gasteiger charge is -2.18. The lowest BCUT2D eigenvalue weighted by atomic mass is 10.2. The van der Waals surface area contributed by atoms with E-state index in [9.17, 15) is 9.59 Å². The average molecular weight is 384 g/mol. The number of nitrogens with zero attached hydrogens (tertiary/aromatic N) is 3. The smallest absolute Gasteiger partial charge is 0.262 e. The molecule has 0 fully saturated rings. The maximum Gasteiger partial charge on any atom is 0.262 e. The van der Waals surface area contributed by atoms with E-state index in [1.807, 2.05) is 63.6 Å². The topological polar surface area (TPSA) is 56.9 Å². The summed E-state index contributed by atoms with van der Waals surface area (Å²) in [7, 11) is 1.96. The third-order valence-corrected chi connectivity index (χ3v) is 6.17. The molecule has 142 valence electrons. The molecule has 0 saturated heterocycles. The molecule has 2 aromatic heterocycles. The van der Waals surface area contributed by atoms with Crippen LogP contribution in [0, 0.1) is 13.8 Å². The van der Waals surface area contributed by atoms with Gasteiger partial charge in [-0.05, 0) is 45.4 Å². The lowest BCUT2D eigenvalue weighted by Crippen LogP contribution is -2.26. The highest BCUT2D eigenvalue weighted by molar-refractivity contribution is 7.99. The SMILES string of the molecule is CC[C@H](C)n1c(SCC(=O)c2cc(C)n(C)c2C)nc2ccccc2c1=O. The molecular formula is C21H25N3O2S. The Bertz CT molecular complexity index is 1070. The molecule has 0 aliphatic heterocycles. The summed E-state index contributed by atoms with van der Waals surface area (Å²) in [5, 5.41) is 1.22. The monoisotopic (exact) mass is 383 g/mol. The van der Waals surface area contributed by atoms with Gasteiger partial charge in [0.2, 0.25) is 0 Å². The summed E-state index contributed by atoms with van der Waals surface area (Å²) in [6.45, 7) is 7.99. The van der Waals surface area contributed by atoms with E-state index in [4.69, 9.17) is 0 Å². The van der Waals surface area contributed by atoms with Gasteiger partial charge in [-0.2, -0.15) is 0 Å². The molecule has 3 rings (SSSR count). The molecule has 0 radical (unpaired) electrons. The summed E-state index contributed by atoms with van der Waals surface area (Å²) in [6.07, 6.45) is 0.818. The van der Waals surface area contributed by atoms with Crippen LogP contribution in [0.4, 0.5) is 0 Å². The number of para-hydroxylation sites is 1. The minimum absolute atomic E-state index is 0.0212. The van der Waals surface area contributed by atoms with Crippen LogP contribution in [0.15, 0.2) is 40.3 Å². The number of thioether (sulfide) groups is 1. The van der Waals surface area contributed by atoms with Gasteiger partial charge in [0.15, 0.2) is 10.9 Å². The summed E-state index contributed by atoms with van der Waals surface area (Å²) < 4.78 is 3.74. The summed E-state index contributed by atoms with van der Waals surface area (Å²) >= 11 is 1.34. The minimum Gasteiger partial charge on any atom is -0.351 e. The molecule has 0 aliphatic rings. The molecule has 3 aromatic rings. The second-order valence-corrected chi connectivity index (χ2v) is 7.84. The van der Waals surface area contributed by atoms with Crippen LogP contribution in [0.25, 0.3) is 10.9 Å². The Morgan fingerprint density at radius 2 is 1.96 bits per heavy atom. The van der Waals surface area contributed by atoms with Gasteiger partial charge >= 0.3 is 0 Å². The number of rotatable bonds is 6. The van der Waals surface area contributed by atoms with E-state index in [-0.39, 0.29) is 23.1 Å². The van der Waals surface area contributed by atoms with E-state index in [2.05, 4.69) is 4.98 Å². The fourth-order valence-corrected chi connectivity index (χ4v) is 4.12. The van der Waals surface area contributed by atoms with Gasteiger partial charge in [0.25, 0.3) is 5.56 Å². The van der Waals surface area contributed by atoms with Crippen molar-refractivity contribution in [1.29, 1.82) is 0 Å². The van der Waals surface area contributed by atoms with Crippen molar-refractivity contribution in [2.24, 2.45) is 7.05 Å². The van der Waals surface area contributed by atoms with E-state index in [0.717, 1.165) is 23.4 Å². The Balaban J connectivity index is 1.97. The highest BCUT2D eigenvalue weighted by Crippen LogP contribution is 2.24. The van der Waals surface area contributed by atoms with Gasteiger partial charge in [-0.1, -0.05) is 30.8 Å². The van der Waals surface area contributed by atoms with Crippen molar-refractivity contribution in [3.8, 4) is 0 Å². The number of benzene rings is 1. The average Bonchev–Trinajstić information content (AvgIpc) is 2.93. The zero-order valence-electron chi connectivity index (χ0n) is 16.4. The Morgan fingerprint density at radius 1 is 1.26 bits per heavy atom. The molecule has 2 heterocycles. The number of aryl methyl sites for hydroxylation is 1. The first-order valence-corrected chi connectivity index (χ1v) is 10.1. The summed E-state index contributed by atoms with van der Waals surface area (Å²) in [6, 6.07) is 9.32. The molecule has 0 aliphatic carbocycles. The predicted octanol–water partition coefficient (Wildman–Crippen LogP) is 4.30. The summed E-state index contributed by atoms with van der Waals surface area (Å²) in [4.78, 5) is 30.4.